The molecule has 0 spiro atoms. The summed E-state index contributed by atoms with van der Waals surface area (Å²) in [5.41, 5.74) is 0.880. The van der Waals surface area contributed by atoms with E-state index in [9.17, 15) is 9.18 Å². The lowest BCUT2D eigenvalue weighted by atomic mass is 9.85. The van der Waals surface area contributed by atoms with Crippen LogP contribution in [0, 0.1) is 5.82 Å². The van der Waals surface area contributed by atoms with Gasteiger partial charge < -0.3 is 15.1 Å². The quantitative estimate of drug-likeness (QED) is 0.671. The molecule has 0 unspecified atom stereocenters. The van der Waals surface area contributed by atoms with Crippen LogP contribution >= 0.6 is 0 Å². The van der Waals surface area contributed by atoms with E-state index in [1.54, 1.807) is 6.92 Å². The van der Waals surface area contributed by atoms with Crippen molar-refractivity contribution in [2.24, 2.45) is 4.99 Å². The lowest BCUT2D eigenvalue weighted by Crippen LogP contribution is -2.53. The first kappa shape index (κ1) is 19.2. The van der Waals surface area contributed by atoms with Crippen LogP contribution in [0.3, 0.4) is 0 Å². The molecule has 1 fully saturated rings. The smallest absolute Gasteiger partial charge is 0.219 e. The van der Waals surface area contributed by atoms with Crippen LogP contribution in [0.15, 0.2) is 29.3 Å². The Morgan fingerprint density at radius 1 is 1.16 bits per heavy atom. The number of carbonyl (C=O) groups excluding carboxylic acids is 1. The van der Waals surface area contributed by atoms with E-state index in [4.69, 9.17) is 4.99 Å². The Balaban J connectivity index is 2.06. The molecule has 0 aromatic heterocycles. The van der Waals surface area contributed by atoms with E-state index in [1.165, 1.54) is 12.1 Å². The summed E-state index contributed by atoms with van der Waals surface area (Å²) < 4.78 is 13.1. The Bertz CT molecular complexity index is 604. The fourth-order valence-electron chi connectivity index (χ4n) is 2.92. The fraction of sp³-hybridized carbons (Fsp3) is 0.579. The number of guanidine groups is 1. The molecule has 1 aliphatic rings. The predicted octanol–water partition coefficient (Wildman–Crippen LogP) is 2.23. The van der Waals surface area contributed by atoms with Crippen LogP contribution in [0.1, 0.15) is 33.3 Å². The zero-order valence-corrected chi connectivity index (χ0v) is 15.7. The van der Waals surface area contributed by atoms with Crippen molar-refractivity contribution in [1.29, 1.82) is 0 Å². The topological polar surface area (TPSA) is 47.9 Å². The Morgan fingerprint density at radius 2 is 1.72 bits per heavy atom. The maximum atomic E-state index is 13.1. The largest absolute Gasteiger partial charge is 0.357 e. The van der Waals surface area contributed by atoms with Gasteiger partial charge in [0.15, 0.2) is 5.96 Å². The van der Waals surface area contributed by atoms with E-state index in [0.29, 0.717) is 6.54 Å². The van der Waals surface area contributed by atoms with Crippen molar-refractivity contribution in [3.8, 4) is 0 Å². The van der Waals surface area contributed by atoms with Gasteiger partial charge in [-0.2, -0.15) is 0 Å². The highest BCUT2D eigenvalue weighted by Crippen LogP contribution is 2.23. The lowest BCUT2D eigenvalue weighted by molar-refractivity contribution is -0.130. The zero-order chi connectivity index (χ0) is 18.4. The van der Waals surface area contributed by atoms with E-state index in [2.05, 4.69) is 24.1 Å². The van der Waals surface area contributed by atoms with Gasteiger partial charge in [0.05, 0.1) is 6.54 Å². The third kappa shape index (κ3) is 5.18. The number of hydrogen-bond donors (Lipinski definition) is 1. The molecule has 25 heavy (non-hydrogen) atoms. The van der Waals surface area contributed by atoms with Gasteiger partial charge in [-0.15, -0.1) is 0 Å². The molecule has 0 radical (unpaired) electrons. The first-order valence-electron chi connectivity index (χ1n) is 8.88. The first-order valence-corrected chi connectivity index (χ1v) is 8.88. The van der Waals surface area contributed by atoms with E-state index < -0.39 is 0 Å². The van der Waals surface area contributed by atoms with Gasteiger partial charge in [0, 0.05) is 45.1 Å². The van der Waals surface area contributed by atoms with Crippen LogP contribution in [0.5, 0.6) is 0 Å². The van der Waals surface area contributed by atoms with Gasteiger partial charge in [0.2, 0.25) is 5.91 Å². The van der Waals surface area contributed by atoms with Gasteiger partial charge in [-0.3, -0.25) is 9.79 Å². The molecule has 1 aromatic carbocycles. The predicted molar refractivity (Wildman–Crippen MR) is 99.2 cm³/mol. The summed E-state index contributed by atoms with van der Waals surface area (Å²) >= 11 is 0. The molecule has 6 heteroatoms. The maximum Gasteiger partial charge on any atom is 0.219 e. The molecule has 1 amide bonds. The van der Waals surface area contributed by atoms with Crippen LogP contribution < -0.4 is 5.32 Å². The molecule has 1 heterocycles. The van der Waals surface area contributed by atoms with E-state index >= 15 is 0 Å². The van der Waals surface area contributed by atoms with Crippen molar-refractivity contribution in [2.75, 3.05) is 39.3 Å². The number of aliphatic imine (C=N–C) groups is 1. The molecular weight excluding hydrogens is 319 g/mol. The summed E-state index contributed by atoms with van der Waals surface area (Å²) in [4.78, 5) is 20.3. The van der Waals surface area contributed by atoms with Crippen LogP contribution in [-0.4, -0.2) is 60.9 Å². The highest BCUT2D eigenvalue weighted by Gasteiger charge is 2.24. The monoisotopic (exact) mass is 348 g/mol. The summed E-state index contributed by atoms with van der Waals surface area (Å²) in [6, 6.07) is 6.63. The third-order valence-corrected chi connectivity index (χ3v) is 4.61. The SMILES string of the molecule is CCNC(=NCC(C)(C)c1ccc(F)cc1)N1CCN(C(C)=O)CC1. The minimum Gasteiger partial charge on any atom is -0.357 e. The van der Waals surface area contributed by atoms with Crippen LogP contribution in [0.2, 0.25) is 0 Å². The Morgan fingerprint density at radius 3 is 2.24 bits per heavy atom. The third-order valence-electron chi connectivity index (χ3n) is 4.61. The van der Waals surface area contributed by atoms with Crippen molar-refractivity contribution in [3.05, 3.63) is 35.6 Å². The van der Waals surface area contributed by atoms with E-state index in [-0.39, 0.29) is 17.1 Å². The average molecular weight is 348 g/mol. The highest BCUT2D eigenvalue weighted by molar-refractivity contribution is 5.80. The molecule has 0 aliphatic carbocycles. The second-order valence-corrected chi connectivity index (χ2v) is 7.05. The van der Waals surface area contributed by atoms with Crippen molar-refractivity contribution in [2.45, 2.75) is 33.1 Å². The number of nitrogens with one attached hydrogen (secondary N) is 1. The van der Waals surface area contributed by atoms with Crippen molar-refractivity contribution in [3.63, 3.8) is 0 Å². The zero-order valence-electron chi connectivity index (χ0n) is 15.7. The molecule has 0 saturated carbocycles. The van der Waals surface area contributed by atoms with Gasteiger partial charge in [-0.25, -0.2) is 4.39 Å². The molecule has 1 aliphatic heterocycles. The van der Waals surface area contributed by atoms with Gasteiger partial charge in [-0.05, 0) is 24.6 Å². The number of rotatable bonds is 4. The summed E-state index contributed by atoms with van der Waals surface area (Å²) in [6.07, 6.45) is 0. The number of piperazine rings is 1. The lowest BCUT2D eigenvalue weighted by Gasteiger charge is -2.36. The van der Waals surface area contributed by atoms with Crippen LogP contribution in [0.25, 0.3) is 0 Å². The minimum atomic E-state index is -0.222. The summed E-state index contributed by atoms with van der Waals surface area (Å²) in [5, 5.41) is 3.34. The number of hydrogen-bond acceptors (Lipinski definition) is 2. The molecule has 2 rings (SSSR count). The van der Waals surface area contributed by atoms with Gasteiger partial charge in [-0.1, -0.05) is 26.0 Å². The Hall–Kier alpha value is -2.11. The van der Waals surface area contributed by atoms with Crippen LogP contribution in [-0.2, 0) is 10.2 Å². The molecule has 138 valence electrons. The minimum absolute atomic E-state index is 0.124. The number of halogens is 1. The second-order valence-electron chi connectivity index (χ2n) is 7.05. The number of benzene rings is 1. The Kier molecular flexibility index (Phi) is 6.39. The van der Waals surface area contributed by atoms with Crippen molar-refractivity contribution in [1.82, 2.24) is 15.1 Å². The van der Waals surface area contributed by atoms with Crippen LogP contribution in [0.4, 0.5) is 4.39 Å². The summed E-state index contributed by atoms with van der Waals surface area (Å²) in [7, 11) is 0. The number of nitrogens with zero attached hydrogens (tertiary/aromatic N) is 3. The summed E-state index contributed by atoms with van der Waals surface area (Å²) in [6.45, 7) is 12.3. The van der Waals surface area contributed by atoms with Crippen molar-refractivity contribution < 1.29 is 9.18 Å². The maximum absolute atomic E-state index is 13.1. The van der Waals surface area contributed by atoms with Gasteiger partial charge >= 0.3 is 0 Å². The van der Waals surface area contributed by atoms with Gasteiger partial charge in [0.1, 0.15) is 5.82 Å². The first-order chi connectivity index (χ1) is 11.8. The number of amides is 1. The normalized spacial score (nSPS) is 16.1. The van der Waals surface area contributed by atoms with Crippen molar-refractivity contribution >= 4 is 11.9 Å². The summed E-state index contributed by atoms with van der Waals surface area (Å²) in [5.74, 6) is 0.777. The second kappa shape index (κ2) is 8.32. The highest BCUT2D eigenvalue weighted by atomic mass is 19.1. The molecule has 1 N–H and O–H groups in total. The standard InChI is InChI=1S/C19H29FN4O/c1-5-21-18(24-12-10-23(11-13-24)15(2)25)22-14-19(3,4)16-6-8-17(20)9-7-16/h6-9H,5,10-14H2,1-4H3,(H,21,22). The Labute approximate surface area is 149 Å². The fourth-order valence-corrected chi connectivity index (χ4v) is 2.92. The average Bonchev–Trinajstić information content (AvgIpc) is 2.59. The molecule has 0 atom stereocenters. The number of carbonyl (C=O) groups is 1. The molecule has 0 bridgehead atoms. The molecule has 1 saturated heterocycles. The molecular formula is C19H29FN4O. The van der Waals surface area contributed by atoms with E-state index in [1.807, 2.05) is 24.0 Å². The molecule has 5 nitrogen and oxygen atoms in total. The van der Waals surface area contributed by atoms with E-state index in [0.717, 1.165) is 44.2 Å². The van der Waals surface area contributed by atoms with Gasteiger partial charge in [0.25, 0.3) is 0 Å². The molecule has 1 aromatic rings.